The van der Waals surface area contributed by atoms with Gasteiger partial charge in [0.1, 0.15) is 5.75 Å². The molecular weight excluding hydrogens is 294 g/mol. The van der Waals surface area contributed by atoms with Gasteiger partial charge in [-0.3, -0.25) is 14.9 Å². The predicted octanol–water partition coefficient (Wildman–Crippen LogP) is 3.82. The molecule has 23 heavy (non-hydrogen) atoms. The number of ketones is 1. The first-order valence-corrected chi connectivity index (χ1v) is 7.25. The van der Waals surface area contributed by atoms with Crippen LogP contribution in [0.2, 0.25) is 0 Å². The predicted molar refractivity (Wildman–Crippen MR) is 86.7 cm³/mol. The summed E-state index contributed by atoms with van der Waals surface area (Å²) < 4.78 is 5.18. The number of ether oxygens (including phenoxy) is 1. The van der Waals surface area contributed by atoms with Gasteiger partial charge < -0.3 is 4.74 Å². The average Bonchev–Trinajstić information content (AvgIpc) is 2.57. The van der Waals surface area contributed by atoms with Crippen LogP contribution in [-0.2, 0) is 6.42 Å². The Morgan fingerprint density at radius 2 is 2.00 bits per heavy atom. The summed E-state index contributed by atoms with van der Waals surface area (Å²) >= 11 is 0. The maximum absolute atomic E-state index is 12.7. The number of methoxy groups -OCH3 is 1. The molecule has 0 N–H and O–H groups in total. The van der Waals surface area contributed by atoms with Crippen molar-refractivity contribution in [1.82, 2.24) is 0 Å². The monoisotopic (exact) mass is 309 g/mol. The Morgan fingerprint density at radius 3 is 2.74 bits per heavy atom. The molecule has 0 amide bonds. The SMILES string of the molecule is COc1ccc2c(c1)C(=O)C(=Cc1cccc([N+](=O)[O-])c1)CC2. The topological polar surface area (TPSA) is 69.4 Å². The van der Waals surface area contributed by atoms with Gasteiger partial charge in [0, 0.05) is 23.3 Å². The summed E-state index contributed by atoms with van der Waals surface area (Å²) in [6, 6.07) is 11.8. The maximum Gasteiger partial charge on any atom is 0.270 e. The lowest BCUT2D eigenvalue weighted by atomic mass is 9.86. The normalized spacial score (nSPS) is 15.3. The van der Waals surface area contributed by atoms with Crippen molar-refractivity contribution in [3.63, 3.8) is 0 Å². The van der Waals surface area contributed by atoms with Crippen LogP contribution < -0.4 is 4.74 Å². The molecule has 1 aliphatic rings. The molecule has 0 spiro atoms. The van der Waals surface area contributed by atoms with Crippen LogP contribution in [0, 0.1) is 10.1 Å². The minimum Gasteiger partial charge on any atom is -0.497 e. The van der Waals surface area contributed by atoms with Gasteiger partial charge in [0.2, 0.25) is 0 Å². The van der Waals surface area contributed by atoms with E-state index in [-0.39, 0.29) is 11.5 Å². The van der Waals surface area contributed by atoms with Crippen LogP contribution in [-0.4, -0.2) is 17.8 Å². The standard InChI is InChI=1S/C18H15NO4/c1-23-16-8-7-13-5-6-14(18(20)17(13)11-16)9-12-3-2-4-15(10-12)19(21)22/h2-4,7-11H,5-6H2,1H3. The van der Waals surface area contributed by atoms with E-state index >= 15 is 0 Å². The zero-order valence-electron chi connectivity index (χ0n) is 12.6. The number of carbonyl (C=O) groups is 1. The van der Waals surface area contributed by atoms with E-state index in [4.69, 9.17) is 4.74 Å². The summed E-state index contributed by atoms with van der Waals surface area (Å²) in [6.45, 7) is 0. The number of nitro groups is 1. The highest BCUT2D eigenvalue weighted by Crippen LogP contribution is 2.29. The number of nitrogens with zero attached hydrogens (tertiary/aromatic N) is 1. The molecule has 2 aromatic rings. The first-order chi connectivity index (χ1) is 11.1. The van der Waals surface area contributed by atoms with E-state index in [0.29, 0.717) is 28.9 Å². The van der Waals surface area contributed by atoms with Crippen LogP contribution >= 0.6 is 0 Å². The van der Waals surface area contributed by atoms with Crippen molar-refractivity contribution in [1.29, 1.82) is 0 Å². The van der Waals surface area contributed by atoms with Crippen LogP contribution in [0.15, 0.2) is 48.0 Å². The Balaban J connectivity index is 1.97. The lowest BCUT2D eigenvalue weighted by Gasteiger charge is -2.18. The third-order valence-corrected chi connectivity index (χ3v) is 3.94. The molecule has 0 unspecified atom stereocenters. The van der Waals surface area contributed by atoms with Crippen molar-refractivity contribution in [2.75, 3.05) is 7.11 Å². The van der Waals surface area contributed by atoms with Gasteiger partial charge in [-0.2, -0.15) is 0 Å². The average molecular weight is 309 g/mol. The molecule has 0 radical (unpaired) electrons. The van der Waals surface area contributed by atoms with E-state index in [9.17, 15) is 14.9 Å². The van der Waals surface area contributed by atoms with Gasteiger partial charge in [-0.15, -0.1) is 0 Å². The van der Waals surface area contributed by atoms with Crippen molar-refractivity contribution in [2.45, 2.75) is 12.8 Å². The Bertz CT molecular complexity index is 824. The summed E-state index contributed by atoms with van der Waals surface area (Å²) in [7, 11) is 1.56. The van der Waals surface area contributed by atoms with E-state index in [2.05, 4.69) is 0 Å². The highest BCUT2D eigenvalue weighted by Gasteiger charge is 2.22. The molecule has 3 rings (SSSR count). The van der Waals surface area contributed by atoms with Gasteiger partial charge >= 0.3 is 0 Å². The number of hydrogen-bond donors (Lipinski definition) is 0. The van der Waals surface area contributed by atoms with Gasteiger partial charge in [-0.1, -0.05) is 18.2 Å². The summed E-state index contributed by atoms with van der Waals surface area (Å²) in [5, 5.41) is 10.8. The quantitative estimate of drug-likeness (QED) is 0.491. The third-order valence-electron chi connectivity index (χ3n) is 3.94. The molecule has 0 saturated carbocycles. The number of allylic oxidation sites excluding steroid dienone is 1. The summed E-state index contributed by atoms with van der Waals surface area (Å²) in [5.41, 5.74) is 2.99. The Morgan fingerprint density at radius 1 is 1.17 bits per heavy atom. The van der Waals surface area contributed by atoms with Gasteiger partial charge in [-0.05, 0) is 42.2 Å². The van der Waals surface area contributed by atoms with E-state index in [0.717, 1.165) is 12.0 Å². The Hall–Kier alpha value is -2.95. The van der Waals surface area contributed by atoms with E-state index in [1.165, 1.54) is 12.1 Å². The number of rotatable bonds is 3. The first kappa shape index (κ1) is 15.0. The van der Waals surface area contributed by atoms with Crippen molar-refractivity contribution < 1.29 is 14.5 Å². The molecule has 0 heterocycles. The van der Waals surface area contributed by atoms with Gasteiger partial charge in [0.15, 0.2) is 5.78 Å². The minimum atomic E-state index is -0.440. The molecule has 0 aromatic heterocycles. The van der Waals surface area contributed by atoms with Gasteiger partial charge in [-0.25, -0.2) is 0 Å². The number of Topliss-reactive ketones (excluding diaryl/α,β-unsaturated/α-hetero) is 1. The number of nitro benzene ring substituents is 1. The molecule has 5 nitrogen and oxygen atoms in total. The lowest BCUT2D eigenvalue weighted by molar-refractivity contribution is -0.384. The fourth-order valence-corrected chi connectivity index (χ4v) is 2.73. The summed E-state index contributed by atoms with van der Waals surface area (Å²) in [4.78, 5) is 23.1. The Kier molecular flexibility index (Phi) is 3.93. The van der Waals surface area contributed by atoms with Gasteiger partial charge in [0.25, 0.3) is 5.69 Å². The zero-order valence-corrected chi connectivity index (χ0v) is 12.6. The summed E-state index contributed by atoms with van der Waals surface area (Å²) in [5.74, 6) is 0.602. The molecule has 5 heteroatoms. The molecule has 1 aliphatic carbocycles. The van der Waals surface area contributed by atoms with Crippen LogP contribution in [0.3, 0.4) is 0 Å². The van der Waals surface area contributed by atoms with E-state index in [1.54, 1.807) is 31.4 Å². The molecule has 0 fully saturated rings. The van der Waals surface area contributed by atoms with Crippen LogP contribution in [0.5, 0.6) is 5.75 Å². The highest BCUT2D eigenvalue weighted by atomic mass is 16.6. The fourth-order valence-electron chi connectivity index (χ4n) is 2.73. The largest absolute Gasteiger partial charge is 0.497 e. The fraction of sp³-hybridized carbons (Fsp3) is 0.167. The van der Waals surface area contributed by atoms with Gasteiger partial charge in [0.05, 0.1) is 12.0 Å². The molecular formula is C18H15NO4. The van der Waals surface area contributed by atoms with Crippen LogP contribution in [0.4, 0.5) is 5.69 Å². The maximum atomic E-state index is 12.7. The number of benzene rings is 2. The number of fused-ring (bicyclic) bond motifs is 1. The highest BCUT2D eigenvalue weighted by molar-refractivity contribution is 6.13. The van der Waals surface area contributed by atoms with Crippen molar-refractivity contribution >= 4 is 17.5 Å². The van der Waals surface area contributed by atoms with Crippen molar-refractivity contribution in [2.24, 2.45) is 0 Å². The van der Waals surface area contributed by atoms with Crippen molar-refractivity contribution in [3.05, 3.63) is 74.8 Å². The number of hydrogen-bond acceptors (Lipinski definition) is 4. The Labute approximate surface area is 133 Å². The lowest BCUT2D eigenvalue weighted by Crippen LogP contribution is -2.14. The molecule has 2 aromatic carbocycles. The van der Waals surface area contributed by atoms with E-state index in [1.807, 2.05) is 12.1 Å². The molecule has 0 saturated heterocycles. The third kappa shape index (κ3) is 2.99. The molecule has 0 bridgehead atoms. The second-order valence-corrected chi connectivity index (χ2v) is 5.37. The zero-order chi connectivity index (χ0) is 16.4. The number of carbonyl (C=O) groups excluding carboxylic acids is 1. The van der Waals surface area contributed by atoms with E-state index < -0.39 is 4.92 Å². The molecule has 116 valence electrons. The second kappa shape index (κ2) is 6.04. The smallest absolute Gasteiger partial charge is 0.270 e. The second-order valence-electron chi connectivity index (χ2n) is 5.37. The molecule has 0 aliphatic heterocycles. The summed E-state index contributed by atoms with van der Waals surface area (Å²) in [6.07, 6.45) is 3.13. The first-order valence-electron chi connectivity index (χ1n) is 7.25. The van der Waals surface area contributed by atoms with Crippen LogP contribution in [0.25, 0.3) is 6.08 Å². The minimum absolute atomic E-state index is 0.0182. The number of aryl methyl sites for hydroxylation is 1. The number of non-ortho nitro benzene ring substituents is 1. The van der Waals surface area contributed by atoms with Crippen LogP contribution in [0.1, 0.15) is 27.9 Å². The molecule has 0 atom stereocenters. The van der Waals surface area contributed by atoms with Crippen molar-refractivity contribution in [3.8, 4) is 5.75 Å².